The minimum absolute atomic E-state index is 0.0401. The summed E-state index contributed by atoms with van der Waals surface area (Å²) in [6.07, 6.45) is 8.16. The zero-order valence-electron chi connectivity index (χ0n) is 28.5. The average Bonchev–Trinajstić information content (AvgIpc) is 3.54. The number of carboxylic acid groups (broad SMARTS) is 1. The Kier molecular flexibility index (Phi) is 10.8. The summed E-state index contributed by atoms with van der Waals surface area (Å²) in [6.45, 7) is 7.79. The fourth-order valence-corrected chi connectivity index (χ4v) is 9.54. The molecule has 4 heterocycles. The van der Waals surface area contributed by atoms with Crippen LogP contribution in [-0.2, 0) is 19.6 Å². The summed E-state index contributed by atoms with van der Waals surface area (Å²) >= 11 is 1.14. The molecule has 0 spiro atoms. The number of nitrogens with one attached hydrogen (secondary N) is 1. The Bertz CT molecular complexity index is 1720. The third-order valence-electron chi connectivity index (χ3n) is 9.70. The van der Waals surface area contributed by atoms with Gasteiger partial charge in [-0.1, -0.05) is 49.6 Å². The molecule has 0 radical (unpaired) electrons. The number of nitrogens with zero attached hydrogens (tertiary/aromatic N) is 4. The number of carbonyl (C=O) groups excluding carboxylic acids is 1. The van der Waals surface area contributed by atoms with Gasteiger partial charge in [-0.25, -0.2) is 18.2 Å². The molecule has 264 valence electrons. The van der Waals surface area contributed by atoms with E-state index < -0.39 is 27.9 Å². The number of benzene rings is 1. The first-order valence-electron chi connectivity index (χ1n) is 17.2. The van der Waals surface area contributed by atoms with E-state index in [2.05, 4.69) is 15.2 Å². The number of ether oxygens (including phenoxy) is 1. The Morgan fingerprint density at radius 3 is 2.47 bits per heavy atom. The van der Waals surface area contributed by atoms with E-state index in [4.69, 9.17) is 4.74 Å². The number of aromatic nitrogens is 1. The second kappa shape index (κ2) is 14.9. The number of piperazine rings is 1. The predicted molar refractivity (Wildman–Crippen MR) is 192 cm³/mol. The topological polar surface area (TPSA) is 132 Å². The normalized spacial score (nSPS) is 21.7. The largest absolute Gasteiger partial charge is 0.477 e. The quantitative estimate of drug-likeness (QED) is 0.250. The fraction of sp³-hybridized carbons (Fsp3) is 0.528. The molecule has 1 amide bonds. The Hall–Kier alpha value is -3.36. The SMILES string of the molecule is CC(C)(C)OCNC1CCCN(c2ccc(S(=O)(=O)N3CC(=O)N(c4cc(-c5ccccc5)sc4C(=O)O)C(C4CCCCC4)C3)cn2)C1. The second-order valence-corrected chi connectivity index (χ2v) is 17.3. The van der Waals surface area contributed by atoms with Gasteiger partial charge in [0.15, 0.2) is 0 Å². The number of hydrogen-bond acceptors (Lipinski definition) is 9. The molecule has 2 aromatic heterocycles. The predicted octanol–water partition coefficient (Wildman–Crippen LogP) is 5.83. The molecule has 49 heavy (non-hydrogen) atoms. The Labute approximate surface area is 293 Å². The van der Waals surface area contributed by atoms with Crippen LogP contribution in [0, 0.1) is 5.92 Å². The van der Waals surface area contributed by atoms with Crippen LogP contribution in [-0.4, -0.2) is 85.3 Å². The molecular formula is C36H47N5O6S2. The van der Waals surface area contributed by atoms with Crippen molar-refractivity contribution in [3.05, 3.63) is 59.6 Å². The summed E-state index contributed by atoms with van der Waals surface area (Å²) < 4.78 is 35.3. The standard InChI is InChI=1S/C36H47N5O6S2/c1-36(2,3)47-24-38-27-15-10-18-39(21-27)32-17-16-28(20-37-32)49(45,46)40-22-30(25-11-6-4-7-12-25)41(33(42)23-40)29-19-31(48-34(29)35(43)44)26-13-8-5-9-14-26/h5,8-9,13-14,16-17,19-20,25,27,30,38H,4,6-7,10-12,15,18,21-24H2,1-3H3,(H,43,44). The molecule has 2 saturated heterocycles. The fourth-order valence-electron chi connectivity index (χ4n) is 7.19. The van der Waals surface area contributed by atoms with Crippen LogP contribution in [0.4, 0.5) is 11.5 Å². The van der Waals surface area contributed by atoms with E-state index >= 15 is 0 Å². The Balaban J connectivity index is 1.22. The van der Waals surface area contributed by atoms with E-state index in [1.54, 1.807) is 23.1 Å². The summed E-state index contributed by atoms with van der Waals surface area (Å²) in [6, 6.07) is 14.3. The van der Waals surface area contributed by atoms with Gasteiger partial charge in [0.2, 0.25) is 15.9 Å². The van der Waals surface area contributed by atoms with Crippen LogP contribution in [0.5, 0.6) is 0 Å². The third-order valence-corrected chi connectivity index (χ3v) is 12.7. The van der Waals surface area contributed by atoms with E-state index in [-0.39, 0.29) is 40.4 Å². The van der Waals surface area contributed by atoms with Gasteiger partial charge < -0.3 is 19.6 Å². The number of carbonyl (C=O) groups is 2. The maximum atomic E-state index is 14.1. The van der Waals surface area contributed by atoms with E-state index in [1.165, 1.54) is 10.5 Å². The number of anilines is 2. The molecular weight excluding hydrogens is 663 g/mol. The number of rotatable bonds is 10. The van der Waals surface area contributed by atoms with Crippen molar-refractivity contribution in [2.75, 3.05) is 42.7 Å². The molecule has 11 nitrogen and oxygen atoms in total. The van der Waals surface area contributed by atoms with Gasteiger partial charge in [0, 0.05) is 36.8 Å². The Morgan fingerprint density at radius 1 is 1.04 bits per heavy atom. The number of hydrogen-bond donors (Lipinski definition) is 2. The number of thiophene rings is 1. The molecule has 13 heteroatoms. The van der Waals surface area contributed by atoms with Crippen molar-refractivity contribution in [1.29, 1.82) is 0 Å². The number of carboxylic acids is 1. The van der Waals surface area contributed by atoms with Gasteiger partial charge in [-0.3, -0.25) is 10.1 Å². The van der Waals surface area contributed by atoms with Gasteiger partial charge >= 0.3 is 5.97 Å². The molecule has 3 aliphatic rings. The van der Waals surface area contributed by atoms with Crippen LogP contribution in [0.3, 0.4) is 0 Å². The van der Waals surface area contributed by atoms with Gasteiger partial charge in [-0.2, -0.15) is 4.31 Å². The summed E-state index contributed by atoms with van der Waals surface area (Å²) in [7, 11) is -4.06. The highest BCUT2D eigenvalue weighted by Crippen LogP contribution is 2.42. The lowest BCUT2D eigenvalue weighted by Gasteiger charge is -2.44. The molecule has 2 unspecified atom stereocenters. The molecule has 2 atom stereocenters. The summed E-state index contributed by atoms with van der Waals surface area (Å²) in [5.74, 6) is -0.770. The highest BCUT2D eigenvalue weighted by atomic mass is 32.2. The zero-order valence-corrected chi connectivity index (χ0v) is 30.1. The molecule has 3 fully saturated rings. The third kappa shape index (κ3) is 8.18. The number of piperidine rings is 1. The molecule has 1 aromatic carbocycles. The molecule has 3 aromatic rings. The van der Waals surface area contributed by atoms with Crippen LogP contribution in [0.2, 0.25) is 0 Å². The average molecular weight is 710 g/mol. The maximum Gasteiger partial charge on any atom is 0.348 e. The van der Waals surface area contributed by atoms with E-state index in [0.29, 0.717) is 18.2 Å². The van der Waals surface area contributed by atoms with Crippen LogP contribution < -0.4 is 15.1 Å². The van der Waals surface area contributed by atoms with Crippen LogP contribution in [0.25, 0.3) is 10.4 Å². The maximum absolute atomic E-state index is 14.1. The molecule has 1 saturated carbocycles. The lowest BCUT2D eigenvalue weighted by molar-refractivity contribution is -0.121. The number of aromatic carboxylic acids is 1. The van der Waals surface area contributed by atoms with Crippen LogP contribution in [0.1, 0.15) is 75.4 Å². The summed E-state index contributed by atoms with van der Waals surface area (Å²) in [5, 5.41) is 13.7. The minimum atomic E-state index is -4.06. The molecule has 1 aliphatic carbocycles. The monoisotopic (exact) mass is 709 g/mol. The molecule has 2 aliphatic heterocycles. The van der Waals surface area contributed by atoms with Crippen molar-refractivity contribution in [3.63, 3.8) is 0 Å². The first-order valence-corrected chi connectivity index (χ1v) is 19.5. The number of sulfonamides is 1. The highest BCUT2D eigenvalue weighted by Gasteiger charge is 2.44. The van der Waals surface area contributed by atoms with Crippen molar-refractivity contribution >= 4 is 44.7 Å². The van der Waals surface area contributed by atoms with Crippen molar-refractivity contribution < 1.29 is 27.9 Å². The number of amides is 1. The number of pyridine rings is 1. The van der Waals surface area contributed by atoms with Gasteiger partial charge in [0.05, 0.1) is 30.6 Å². The van der Waals surface area contributed by atoms with Gasteiger partial charge in [0.1, 0.15) is 15.6 Å². The Morgan fingerprint density at radius 2 is 1.80 bits per heavy atom. The van der Waals surface area contributed by atoms with Gasteiger partial charge in [0.25, 0.3) is 0 Å². The van der Waals surface area contributed by atoms with E-state index in [0.717, 1.165) is 79.8 Å². The van der Waals surface area contributed by atoms with Gasteiger partial charge in [-0.15, -0.1) is 11.3 Å². The van der Waals surface area contributed by atoms with Crippen molar-refractivity contribution in [1.82, 2.24) is 14.6 Å². The second-order valence-electron chi connectivity index (χ2n) is 14.3. The van der Waals surface area contributed by atoms with Crippen molar-refractivity contribution in [3.8, 4) is 10.4 Å². The highest BCUT2D eigenvalue weighted by molar-refractivity contribution is 7.89. The summed E-state index contributed by atoms with van der Waals surface area (Å²) in [5.41, 5.74) is 0.986. The summed E-state index contributed by atoms with van der Waals surface area (Å²) in [4.78, 5) is 35.8. The molecule has 0 bridgehead atoms. The minimum Gasteiger partial charge on any atom is -0.477 e. The lowest BCUT2D eigenvalue weighted by Crippen LogP contribution is -2.60. The van der Waals surface area contributed by atoms with Crippen molar-refractivity contribution in [2.24, 2.45) is 5.92 Å². The first-order chi connectivity index (χ1) is 23.4. The zero-order chi connectivity index (χ0) is 34.8. The van der Waals surface area contributed by atoms with Crippen LogP contribution in [0.15, 0.2) is 59.6 Å². The van der Waals surface area contributed by atoms with Crippen molar-refractivity contribution in [2.45, 2.75) is 88.3 Å². The van der Waals surface area contributed by atoms with Gasteiger partial charge in [-0.05, 0) is 76.1 Å². The van der Waals surface area contributed by atoms with E-state index in [9.17, 15) is 23.1 Å². The first kappa shape index (κ1) is 35.5. The van der Waals surface area contributed by atoms with E-state index in [1.807, 2.05) is 51.1 Å². The lowest BCUT2D eigenvalue weighted by atomic mass is 9.82. The molecule has 6 rings (SSSR count). The smallest absolute Gasteiger partial charge is 0.348 e. The van der Waals surface area contributed by atoms with Crippen LogP contribution >= 0.6 is 11.3 Å². The molecule has 2 N–H and O–H groups in total.